The molecule has 2 aliphatic heterocycles. The number of carbonyl (C=O) groups excluding carboxylic acids is 2. The van der Waals surface area contributed by atoms with Gasteiger partial charge in [-0.05, 0) is 31.4 Å². The predicted molar refractivity (Wildman–Crippen MR) is 106 cm³/mol. The normalized spacial score (nSPS) is 18.4. The SMILES string of the molecule is O=C(/C=C/c1ccccc1[N+](=O)[O-])N1CCN(CC(=O)N2CCCCC2)CC1. The van der Waals surface area contributed by atoms with E-state index >= 15 is 0 Å². The fourth-order valence-corrected chi connectivity index (χ4v) is 3.62. The van der Waals surface area contributed by atoms with Crippen LogP contribution >= 0.6 is 0 Å². The van der Waals surface area contributed by atoms with E-state index in [4.69, 9.17) is 0 Å². The summed E-state index contributed by atoms with van der Waals surface area (Å²) in [5.41, 5.74) is 0.388. The van der Waals surface area contributed by atoms with Gasteiger partial charge in [0, 0.05) is 51.4 Å². The van der Waals surface area contributed by atoms with Gasteiger partial charge in [0.25, 0.3) is 5.69 Å². The minimum Gasteiger partial charge on any atom is -0.342 e. The Hall–Kier alpha value is -2.74. The number of carbonyl (C=O) groups is 2. The van der Waals surface area contributed by atoms with Gasteiger partial charge in [-0.25, -0.2) is 0 Å². The lowest BCUT2D eigenvalue weighted by molar-refractivity contribution is -0.385. The molecule has 0 bridgehead atoms. The van der Waals surface area contributed by atoms with Gasteiger partial charge in [0.2, 0.25) is 11.8 Å². The van der Waals surface area contributed by atoms with E-state index < -0.39 is 4.92 Å². The summed E-state index contributed by atoms with van der Waals surface area (Å²) in [7, 11) is 0. The molecule has 28 heavy (non-hydrogen) atoms. The molecule has 0 atom stereocenters. The fraction of sp³-hybridized carbons (Fsp3) is 0.500. The third kappa shape index (κ3) is 5.16. The highest BCUT2D eigenvalue weighted by atomic mass is 16.6. The van der Waals surface area contributed by atoms with E-state index in [-0.39, 0.29) is 17.5 Å². The Morgan fingerprint density at radius 3 is 2.32 bits per heavy atom. The number of amides is 2. The van der Waals surface area contributed by atoms with E-state index in [0.29, 0.717) is 38.3 Å². The lowest BCUT2D eigenvalue weighted by Gasteiger charge is -2.35. The molecular formula is C20H26N4O4. The first-order valence-corrected chi connectivity index (χ1v) is 9.75. The molecule has 0 saturated carbocycles. The highest BCUT2D eigenvalue weighted by Crippen LogP contribution is 2.19. The summed E-state index contributed by atoms with van der Waals surface area (Å²) in [5.74, 6) is 0.0101. The minimum absolute atomic E-state index is 0.0207. The summed E-state index contributed by atoms with van der Waals surface area (Å²) in [6.45, 7) is 4.53. The number of piperazine rings is 1. The van der Waals surface area contributed by atoms with Crippen molar-refractivity contribution >= 4 is 23.6 Å². The van der Waals surface area contributed by atoms with Crippen LogP contribution in [-0.2, 0) is 9.59 Å². The Bertz CT molecular complexity index is 750. The zero-order valence-corrected chi connectivity index (χ0v) is 16.0. The number of nitro groups is 1. The number of hydrogen-bond acceptors (Lipinski definition) is 5. The van der Waals surface area contributed by atoms with Crippen LogP contribution in [0.2, 0.25) is 0 Å². The van der Waals surface area contributed by atoms with E-state index in [0.717, 1.165) is 25.9 Å². The highest BCUT2D eigenvalue weighted by Gasteiger charge is 2.24. The monoisotopic (exact) mass is 386 g/mol. The number of para-hydroxylation sites is 1. The molecule has 150 valence electrons. The molecule has 1 aromatic carbocycles. The third-order valence-corrected chi connectivity index (χ3v) is 5.29. The molecule has 2 saturated heterocycles. The number of rotatable bonds is 5. The van der Waals surface area contributed by atoms with Crippen molar-refractivity contribution in [1.29, 1.82) is 0 Å². The van der Waals surface area contributed by atoms with Crippen molar-refractivity contribution < 1.29 is 14.5 Å². The average molecular weight is 386 g/mol. The molecule has 8 nitrogen and oxygen atoms in total. The van der Waals surface area contributed by atoms with Gasteiger partial charge in [0.1, 0.15) is 0 Å². The van der Waals surface area contributed by atoms with Gasteiger partial charge in [-0.15, -0.1) is 0 Å². The summed E-state index contributed by atoms with van der Waals surface area (Å²) in [4.78, 5) is 41.1. The van der Waals surface area contributed by atoms with Gasteiger partial charge in [-0.3, -0.25) is 24.6 Å². The summed E-state index contributed by atoms with van der Waals surface area (Å²) in [6, 6.07) is 6.34. The lowest BCUT2D eigenvalue weighted by atomic mass is 10.1. The molecule has 0 unspecified atom stereocenters. The number of likely N-dealkylation sites (tertiary alicyclic amines) is 1. The third-order valence-electron chi connectivity index (χ3n) is 5.29. The first-order chi connectivity index (χ1) is 13.5. The number of benzene rings is 1. The summed E-state index contributed by atoms with van der Waals surface area (Å²) >= 11 is 0. The van der Waals surface area contributed by atoms with Crippen LogP contribution in [0.25, 0.3) is 6.08 Å². The van der Waals surface area contributed by atoms with Gasteiger partial charge in [0.05, 0.1) is 17.0 Å². The second kappa shape index (κ2) is 9.45. The first kappa shape index (κ1) is 20.0. The van der Waals surface area contributed by atoms with Crippen LogP contribution in [0.5, 0.6) is 0 Å². The largest absolute Gasteiger partial charge is 0.342 e. The Labute approximate surface area is 164 Å². The smallest absolute Gasteiger partial charge is 0.276 e. The van der Waals surface area contributed by atoms with E-state index in [1.807, 2.05) is 4.90 Å². The summed E-state index contributed by atoms with van der Waals surface area (Å²) in [5, 5.41) is 11.0. The van der Waals surface area contributed by atoms with Crippen molar-refractivity contribution in [3.05, 3.63) is 46.0 Å². The molecule has 8 heteroatoms. The molecular weight excluding hydrogens is 360 g/mol. The number of piperidine rings is 1. The van der Waals surface area contributed by atoms with Crippen molar-refractivity contribution in [2.45, 2.75) is 19.3 Å². The highest BCUT2D eigenvalue weighted by molar-refractivity contribution is 5.92. The van der Waals surface area contributed by atoms with Crippen LogP contribution in [0.15, 0.2) is 30.3 Å². The fourth-order valence-electron chi connectivity index (χ4n) is 3.62. The molecule has 2 aliphatic rings. The average Bonchev–Trinajstić information content (AvgIpc) is 2.73. The van der Waals surface area contributed by atoms with Crippen LogP contribution in [-0.4, -0.2) is 77.3 Å². The maximum atomic E-state index is 12.4. The van der Waals surface area contributed by atoms with Crippen LogP contribution in [0.3, 0.4) is 0 Å². The first-order valence-electron chi connectivity index (χ1n) is 9.75. The maximum Gasteiger partial charge on any atom is 0.276 e. The number of nitro benzene ring substituents is 1. The predicted octanol–water partition coefficient (Wildman–Crippen LogP) is 1.76. The topological polar surface area (TPSA) is 87.0 Å². The maximum absolute atomic E-state index is 12.4. The molecule has 0 aromatic heterocycles. The molecule has 0 aliphatic carbocycles. The molecule has 2 fully saturated rings. The second-order valence-electron chi connectivity index (χ2n) is 7.19. The molecule has 2 heterocycles. The van der Waals surface area contributed by atoms with Crippen LogP contribution in [0.4, 0.5) is 5.69 Å². The van der Waals surface area contributed by atoms with Crippen molar-refractivity contribution in [2.75, 3.05) is 45.8 Å². The van der Waals surface area contributed by atoms with Crippen LogP contribution in [0, 0.1) is 10.1 Å². The minimum atomic E-state index is -0.456. The van der Waals surface area contributed by atoms with Crippen molar-refractivity contribution in [1.82, 2.24) is 14.7 Å². The van der Waals surface area contributed by atoms with Gasteiger partial charge in [-0.1, -0.05) is 12.1 Å². The number of nitrogens with zero attached hydrogens (tertiary/aromatic N) is 4. The Balaban J connectivity index is 1.48. The molecule has 0 N–H and O–H groups in total. The van der Waals surface area contributed by atoms with E-state index in [2.05, 4.69) is 4.90 Å². The van der Waals surface area contributed by atoms with Gasteiger partial charge < -0.3 is 9.80 Å². The zero-order chi connectivity index (χ0) is 19.9. The van der Waals surface area contributed by atoms with Gasteiger partial charge in [0.15, 0.2) is 0 Å². The summed E-state index contributed by atoms with van der Waals surface area (Å²) in [6.07, 6.45) is 6.24. The van der Waals surface area contributed by atoms with E-state index in [1.165, 1.54) is 24.6 Å². The molecule has 1 aromatic rings. The van der Waals surface area contributed by atoms with Gasteiger partial charge >= 0.3 is 0 Å². The summed E-state index contributed by atoms with van der Waals surface area (Å²) < 4.78 is 0. The Kier molecular flexibility index (Phi) is 6.76. The van der Waals surface area contributed by atoms with E-state index in [9.17, 15) is 19.7 Å². The van der Waals surface area contributed by atoms with Crippen molar-refractivity contribution in [3.8, 4) is 0 Å². The number of hydrogen-bond donors (Lipinski definition) is 0. The molecule has 2 amide bonds. The Morgan fingerprint density at radius 2 is 1.64 bits per heavy atom. The standard InChI is InChI=1S/C20H26N4O4/c25-19(9-8-17-6-2-3-7-18(17)24(27)28)23-14-12-21(13-15-23)16-20(26)22-10-4-1-5-11-22/h2-3,6-9H,1,4-5,10-16H2/b9-8+. The Morgan fingerprint density at radius 1 is 0.964 bits per heavy atom. The lowest BCUT2D eigenvalue weighted by Crippen LogP contribution is -2.51. The van der Waals surface area contributed by atoms with E-state index in [1.54, 1.807) is 23.1 Å². The van der Waals surface area contributed by atoms with Crippen LogP contribution in [0.1, 0.15) is 24.8 Å². The molecule has 0 spiro atoms. The van der Waals surface area contributed by atoms with Crippen LogP contribution < -0.4 is 0 Å². The van der Waals surface area contributed by atoms with Gasteiger partial charge in [-0.2, -0.15) is 0 Å². The molecule has 0 radical (unpaired) electrons. The van der Waals surface area contributed by atoms with Crippen molar-refractivity contribution in [3.63, 3.8) is 0 Å². The van der Waals surface area contributed by atoms with Crippen molar-refractivity contribution in [2.24, 2.45) is 0 Å². The zero-order valence-electron chi connectivity index (χ0n) is 16.0. The molecule has 3 rings (SSSR count). The second-order valence-corrected chi connectivity index (χ2v) is 7.19. The quantitative estimate of drug-likeness (QED) is 0.437.